The van der Waals surface area contributed by atoms with Crippen LogP contribution in [0.3, 0.4) is 0 Å². The summed E-state index contributed by atoms with van der Waals surface area (Å²) in [6.45, 7) is 10.3. The molecule has 0 aromatic carbocycles. The summed E-state index contributed by atoms with van der Waals surface area (Å²) in [4.78, 5) is 12.4. The summed E-state index contributed by atoms with van der Waals surface area (Å²) in [5.41, 5.74) is 2.76. The van der Waals surface area contributed by atoms with Crippen LogP contribution < -0.4 is 5.32 Å². The molecule has 2 heterocycles. The first-order valence-corrected chi connectivity index (χ1v) is 8.70. The Labute approximate surface area is 133 Å². The number of anilines is 1. The van der Waals surface area contributed by atoms with E-state index in [-0.39, 0.29) is 5.91 Å². The largest absolute Gasteiger partial charge is 0.346 e. The molecule has 0 bridgehead atoms. The molecule has 0 saturated heterocycles. The molecule has 0 unspecified atom stereocenters. The zero-order valence-corrected chi connectivity index (χ0v) is 14.6. The smallest absolute Gasteiger partial charge is 0.259 e. The Kier molecular flexibility index (Phi) is 5.05. The lowest BCUT2D eigenvalue weighted by Gasteiger charge is -2.13. The van der Waals surface area contributed by atoms with E-state index in [1.807, 2.05) is 19.9 Å². The Morgan fingerprint density at radius 1 is 1.43 bits per heavy atom. The summed E-state index contributed by atoms with van der Waals surface area (Å²) >= 11 is 3.03. The van der Waals surface area contributed by atoms with Crippen LogP contribution in [0, 0.1) is 13.8 Å². The second-order valence-corrected chi connectivity index (χ2v) is 7.50. The van der Waals surface area contributed by atoms with E-state index in [4.69, 9.17) is 0 Å². The van der Waals surface area contributed by atoms with Gasteiger partial charge in [0.05, 0.1) is 5.56 Å². The lowest BCUT2D eigenvalue weighted by atomic mass is 10.2. The van der Waals surface area contributed by atoms with Crippen molar-refractivity contribution in [2.75, 3.05) is 11.1 Å². The standard InChI is InChI=1S/C14H20N4OS2/c1-6-20-14-17-16-13(21-14)15-12(19)11-7-9(4)18(8(2)3)10(11)5/h7-8H,6H2,1-5H3,(H,15,16,19). The maximum absolute atomic E-state index is 12.4. The Morgan fingerprint density at radius 2 is 2.14 bits per heavy atom. The molecule has 114 valence electrons. The van der Waals surface area contributed by atoms with E-state index < -0.39 is 0 Å². The zero-order valence-electron chi connectivity index (χ0n) is 12.9. The third kappa shape index (κ3) is 3.47. The van der Waals surface area contributed by atoms with Gasteiger partial charge in [0, 0.05) is 17.4 Å². The van der Waals surface area contributed by atoms with Crippen LogP contribution in [0.25, 0.3) is 0 Å². The lowest BCUT2D eigenvalue weighted by Crippen LogP contribution is -2.13. The molecule has 0 aliphatic carbocycles. The fourth-order valence-corrected chi connectivity index (χ4v) is 4.05. The molecule has 21 heavy (non-hydrogen) atoms. The summed E-state index contributed by atoms with van der Waals surface area (Å²) < 4.78 is 3.04. The van der Waals surface area contributed by atoms with Crippen LogP contribution in [0.5, 0.6) is 0 Å². The maximum atomic E-state index is 12.4. The minimum Gasteiger partial charge on any atom is -0.346 e. The van der Waals surface area contributed by atoms with Gasteiger partial charge >= 0.3 is 0 Å². The molecule has 7 heteroatoms. The van der Waals surface area contributed by atoms with Crippen molar-refractivity contribution in [1.82, 2.24) is 14.8 Å². The molecule has 2 aromatic rings. The number of amides is 1. The molecule has 0 aliphatic rings. The van der Waals surface area contributed by atoms with Gasteiger partial charge in [0.2, 0.25) is 5.13 Å². The van der Waals surface area contributed by atoms with Crippen LogP contribution in [-0.2, 0) is 0 Å². The maximum Gasteiger partial charge on any atom is 0.259 e. The predicted molar refractivity (Wildman–Crippen MR) is 88.6 cm³/mol. The van der Waals surface area contributed by atoms with Crippen LogP contribution in [0.4, 0.5) is 5.13 Å². The van der Waals surface area contributed by atoms with Gasteiger partial charge in [0.1, 0.15) is 0 Å². The van der Waals surface area contributed by atoms with Gasteiger partial charge in [-0.05, 0) is 39.5 Å². The fourth-order valence-electron chi connectivity index (χ4n) is 2.41. The molecule has 1 amide bonds. The normalized spacial score (nSPS) is 11.1. The number of rotatable bonds is 5. The first-order valence-electron chi connectivity index (χ1n) is 6.90. The Bertz CT molecular complexity index is 645. The number of nitrogens with one attached hydrogen (secondary N) is 1. The molecule has 0 atom stereocenters. The number of hydrogen-bond acceptors (Lipinski definition) is 5. The molecular formula is C14H20N4OS2. The molecule has 0 radical (unpaired) electrons. The van der Waals surface area contributed by atoms with Crippen LogP contribution in [0.2, 0.25) is 0 Å². The van der Waals surface area contributed by atoms with Crippen molar-refractivity contribution in [3.8, 4) is 0 Å². The molecule has 2 aromatic heterocycles. The van der Waals surface area contributed by atoms with E-state index in [1.165, 1.54) is 11.3 Å². The molecule has 0 saturated carbocycles. The zero-order chi connectivity index (χ0) is 15.6. The number of carbonyl (C=O) groups excluding carboxylic acids is 1. The second kappa shape index (κ2) is 6.62. The molecule has 5 nitrogen and oxygen atoms in total. The Morgan fingerprint density at radius 3 is 2.71 bits per heavy atom. The second-order valence-electron chi connectivity index (χ2n) is 5.01. The van der Waals surface area contributed by atoms with Gasteiger partial charge in [-0.2, -0.15) is 0 Å². The van der Waals surface area contributed by atoms with Gasteiger partial charge in [0.15, 0.2) is 4.34 Å². The van der Waals surface area contributed by atoms with E-state index >= 15 is 0 Å². The summed E-state index contributed by atoms with van der Waals surface area (Å²) in [6, 6.07) is 2.26. The number of thioether (sulfide) groups is 1. The van der Waals surface area contributed by atoms with E-state index in [9.17, 15) is 4.79 Å². The molecule has 1 N–H and O–H groups in total. The van der Waals surface area contributed by atoms with Gasteiger partial charge in [-0.3, -0.25) is 10.1 Å². The van der Waals surface area contributed by atoms with Crippen molar-refractivity contribution in [3.63, 3.8) is 0 Å². The highest BCUT2D eigenvalue weighted by atomic mass is 32.2. The highest BCUT2D eigenvalue weighted by Crippen LogP contribution is 2.26. The number of aryl methyl sites for hydroxylation is 1. The molecule has 2 rings (SSSR count). The minimum atomic E-state index is -0.126. The van der Waals surface area contributed by atoms with Crippen LogP contribution >= 0.6 is 23.1 Å². The SMILES string of the molecule is CCSc1nnc(NC(=O)c2cc(C)n(C(C)C)c2C)s1. The average Bonchev–Trinajstić information content (AvgIpc) is 2.94. The van der Waals surface area contributed by atoms with E-state index in [1.54, 1.807) is 11.8 Å². The summed E-state index contributed by atoms with van der Waals surface area (Å²) in [5, 5.41) is 11.4. The summed E-state index contributed by atoms with van der Waals surface area (Å²) in [5.74, 6) is 0.817. The molecule has 0 fully saturated rings. The van der Waals surface area contributed by atoms with E-state index in [0.29, 0.717) is 16.7 Å². The third-order valence-electron chi connectivity index (χ3n) is 3.14. The Balaban J connectivity index is 2.18. The number of hydrogen-bond donors (Lipinski definition) is 1. The molecule has 0 spiro atoms. The van der Waals surface area contributed by atoms with Crippen molar-refractivity contribution in [2.45, 2.75) is 45.0 Å². The first kappa shape index (κ1) is 16.0. The summed E-state index contributed by atoms with van der Waals surface area (Å²) in [6.07, 6.45) is 0. The van der Waals surface area contributed by atoms with E-state index in [2.05, 4.69) is 40.9 Å². The first-order chi connectivity index (χ1) is 9.93. The number of nitrogens with zero attached hydrogens (tertiary/aromatic N) is 3. The van der Waals surface area contributed by atoms with Crippen LogP contribution in [-0.4, -0.2) is 26.4 Å². The molecular weight excluding hydrogens is 304 g/mol. The van der Waals surface area contributed by atoms with Gasteiger partial charge in [-0.15, -0.1) is 10.2 Å². The molecule has 0 aliphatic heterocycles. The van der Waals surface area contributed by atoms with Crippen molar-refractivity contribution in [3.05, 3.63) is 23.0 Å². The average molecular weight is 324 g/mol. The minimum absolute atomic E-state index is 0.126. The van der Waals surface area contributed by atoms with Gasteiger partial charge in [-0.25, -0.2) is 0 Å². The fraction of sp³-hybridized carbons (Fsp3) is 0.500. The Hall–Kier alpha value is -1.34. The van der Waals surface area contributed by atoms with Crippen molar-refractivity contribution >= 4 is 34.1 Å². The number of carbonyl (C=O) groups is 1. The third-order valence-corrected chi connectivity index (χ3v) is 4.99. The van der Waals surface area contributed by atoms with Crippen molar-refractivity contribution in [1.29, 1.82) is 0 Å². The monoisotopic (exact) mass is 324 g/mol. The topological polar surface area (TPSA) is 59.8 Å². The van der Waals surface area contributed by atoms with Crippen LogP contribution in [0.15, 0.2) is 10.4 Å². The number of aromatic nitrogens is 3. The van der Waals surface area contributed by atoms with Gasteiger partial charge < -0.3 is 4.57 Å². The highest BCUT2D eigenvalue weighted by molar-refractivity contribution is 8.01. The quantitative estimate of drug-likeness (QED) is 0.669. The highest BCUT2D eigenvalue weighted by Gasteiger charge is 2.18. The van der Waals surface area contributed by atoms with Gasteiger partial charge in [-0.1, -0.05) is 30.0 Å². The lowest BCUT2D eigenvalue weighted by molar-refractivity contribution is 0.102. The van der Waals surface area contributed by atoms with Crippen molar-refractivity contribution in [2.24, 2.45) is 0 Å². The van der Waals surface area contributed by atoms with Crippen molar-refractivity contribution < 1.29 is 4.79 Å². The predicted octanol–water partition coefficient (Wildman–Crippen LogP) is 3.90. The van der Waals surface area contributed by atoms with Crippen LogP contribution in [0.1, 0.15) is 48.6 Å². The summed E-state index contributed by atoms with van der Waals surface area (Å²) in [7, 11) is 0. The van der Waals surface area contributed by atoms with Gasteiger partial charge in [0.25, 0.3) is 5.91 Å². The van der Waals surface area contributed by atoms with E-state index in [0.717, 1.165) is 21.5 Å².